The number of nitrogens with zero attached hydrogens (tertiary/aromatic N) is 1. The van der Waals surface area contributed by atoms with Crippen molar-refractivity contribution in [1.82, 2.24) is 0 Å². The predicted molar refractivity (Wildman–Crippen MR) is 54.0 cm³/mol. The second-order valence-electron chi connectivity index (χ2n) is 2.44. The maximum atomic E-state index is 5.15. The van der Waals surface area contributed by atoms with E-state index in [1.54, 1.807) is 0 Å². The molecule has 0 amide bonds. The van der Waals surface area contributed by atoms with Crippen LogP contribution in [-0.2, 0) is 0 Å². The highest BCUT2D eigenvalue weighted by atomic mass is 14.7. The first-order chi connectivity index (χ1) is 5.79. The summed E-state index contributed by atoms with van der Waals surface area (Å²) >= 11 is 0. The second-order valence-corrected chi connectivity index (χ2v) is 2.44. The normalized spacial score (nSPS) is 11.2. The van der Waals surface area contributed by atoms with Crippen molar-refractivity contribution >= 4 is 6.72 Å². The maximum absolute atomic E-state index is 5.15. The molecule has 2 N–H and O–H groups in total. The number of nitrogens with two attached hydrogens (primary N) is 1. The summed E-state index contributed by atoms with van der Waals surface area (Å²) in [6, 6.07) is 2.42. The van der Waals surface area contributed by atoms with Gasteiger partial charge in [0.05, 0.1) is 6.54 Å². The number of aliphatic imine (C=N–C) groups is 1. The van der Waals surface area contributed by atoms with E-state index in [1.807, 2.05) is 0 Å². The molecule has 66 valence electrons. The molecule has 0 aromatic carbocycles. The van der Waals surface area contributed by atoms with E-state index in [4.69, 9.17) is 5.73 Å². The van der Waals surface area contributed by atoms with Gasteiger partial charge in [-0.05, 0) is 31.1 Å². The zero-order chi connectivity index (χ0) is 9.40. The van der Waals surface area contributed by atoms with E-state index in [9.17, 15) is 0 Å². The molecule has 0 bridgehead atoms. The fourth-order valence-electron chi connectivity index (χ4n) is 1.07. The van der Waals surface area contributed by atoms with E-state index in [-0.39, 0.29) is 0 Å². The minimum absolute atomic E-state index is 0.675. The molecule has 0 fully saturated rings. The summed E-state index contributed by atoms with van der Waals surface area (Å²) in [5.41, 5.74) is 7.50. The SMILES string of the molecule is C=NC/C(CC)=C(/C#CN)CC. The van der Waals surface area contributed by atoms with Crippen LogP contribution in [-0.4, -0.2) is 13.3 Å². The van der Waals surface area contributed by atoms with Crippen molar-refractivity contribution < 1.29 is 0 Å². The van der Waals surface area contributed by atoms with Crippen LogP contribution in [0.1, 0.15) is 26.7 Å². The molecule has 0 aromatic rings. The molecule has 0 aliphatic heterocycles. The zero-order valence-electron chi connectivity index (χ0n) is 7.85. The average Bonchev–Trinajstić information content (AvgIpc) is 2.11. The first kappa shape index (κ1) is 10.8. The van der Waals surface area contributed by atoms with E-state index in [0.29, 0.717) is 6.54 Å². The quantitative estimate of drug-likeness (QED) is 0.383. The molecular formula is C10H16N2. The molecule has 0 spiro atoms. The highest BCUT2D eigenvalue weighted by Crippen LogP contribution is 2.11. The van der Waals surface area contributed by atoms with Crippen molar-refractivity contribution in [2.75, 3.05) is 6.54 Å². The highest BCUT2D eigenvalue weighted by Gasteiger charge is 1.98. The first-order valence-corrected chi connectivity index (χ1v) is 4.15. The minimum Gasteiger partial charge on any atom is -0.359 e. The summed E-state index contributed by atoms with van der Waals surface area (Å²) in [5, 5.41) is 0. The van der Waals surface area contributed by atoms with E-state index in [2.05, 4.69) is 37.5 Å². The van der Waals surface area contributed by atoms with Gasteiger partial charge in [-0.15, -0.1) is 0 Å². The molecular weight excluding hydrogens is 148 g/mol. The Bertz CT molecular complexity index is 228. The second kappa shape index (κ2) is 6.48. The molecule has 0 heterocycles. The predicted octanol–water partition coefficient (Wildman–Crippen LogP) is 1.72. The lowest BCUT2D eigenvalue weighted by Crippen LogP contribution is -1.93. The minimum atomic E-state index is 0.675. The summed E-state index contributed by atoms with van der Waals surface area (Å²) in [4.78, 5) is 3.84. The number of hydrogen-bond acceptors (Lipinski definition) is 2. The molecule has 0 aliphatic rings. The monoisotopic (exact) mass is 164 g/mol. The van der Waals surface area contributed by atoms with Crippen LogP contribution in [0.2, 0.25) is 0 Å². The van der Waals surface area contributed by atoms with Gasteiger partial charge in [-0.3, -0.25) is 4.99 Å². The summed E-state index contributed by atoms with van der Waals surface area (Å²) in [7, 11) is 0. The fraction of sp³-hybridized carbons (Fsp3) is 0.500. The van der Waals surface area contributed by atoms with Gasteiger partial charge in [0.25, 0.3) is 0 Å². The molecule has 2 heteroatoms. The summed E-state index contributed by atoms with van der Waals surface area (Å²) in [5.74, 6) is 2.89. The molecule has 2 nitrogen and oxygen atoms in total. The highest BCUT2D eigenvalue weighted by molar-refractivity contribution is 5.35. The average molecular weight is 164 g/mol. The fourth-order valence-corrected chi connectivity index (χ4v) is 1.07. The van der Waals surface area contributed by atoms with Crippen molar-refractivity contribution in [1.29, 1.82) is 0 Å². The molecule has 0 unspecified atom stereocenters. The van der Waals surface area contributed by atoms with E-state index in [0.717, 1.165) is 18.4 Å². The Morgan fingerprint density at radius 3 is 2.42 bits per heavy atom. The van der Waals surface area contributed by atoms with Gasteiger partial charge in [-0.2, -0.15) is 0 Å². The molecule has 0 aromatic heterocycles. The van der Waals surface area contributed by atoms with E-state index >= 15 is 0 Å². The summed E-state index contributed by atoms with van der Waals surface area (Å²) in [6.45, 7) is 8.30. The van der Waals surface area contributed by atoms with Gasteiger partial charge in [0, 0.05) is 11.6 Å². The largest absolute Gasteiger partial charge is 0.359 e. The number of hydrogen-bond donors (Lipinski definition) is 1. The van der Waals surface area contributed by atoms with Crippen LogP contribution in [0.5, 0.6) is 0 Å². The van der Waals surface area contributed by atoms with Crippen LogP contribution in [0, 0.1) is 12.0 Å². The topological polar surface area (TPSA) is 38.4 Å². The Labute approximate surface area is 74.6 Å². The molecule has 0 saturated heterocycles. The third kappa shape index (κ3) is 3.25. The first-order valence-electron chi connectivity index (χ1n) is 4.15. The van der Waals surface area contributed by atoms with Gasteiger partial charge in [0.15, 0.2) is 0 Å². The molecule has 0 atom stereocenters. The van der Waals surface area contributed by atoms with Gasteiger partial charge in [0.1, 0.15) is 0 Å². The molecule has 0 aliphatic carbocycles. The van der Waals surface area contributed by atoms with Crippen LogP contribution in [0.4, 0.5) is 0 Å². The van der Waals surface area contributed by atoms with E-state index < -0.39 is 0 Å². The Morgan fingerprint density at radius 1 is 1.42 bits per heavy atom. The van der Waals surface area contributed by atoms with Gasteiger partial charge < -0.3 is 5.73 Å². The third-order valence-electron chi connectivity index (χ3n) is 1.73. The smallest absolute Gasteiger partial charge is 0.0604 e. The maximum Gasteiger partial charge on any atom is 0.0604 e. The lowest BCUT2D eigenvalue weighted by atomic mass is 10.0. The Balaban J connectivity index is 4.68. The lowest BCUT2D eigenvalue weighted by Gasteiger charge is -2.03. The lowest BCUT2D eigenvalue weighted by molar-refractivity contribution is 0.964. The molecule has 0 rings (SSSR count). The Kier molecular flexibility index (Phi) is 5.81. The van der Waals surface area contributed by atoms with Crippen molar-refractivity contribution in [2.45, 2.75) is 26.7 Å². The van der Waals surface area contributed by atoms with Crippen molar-refractivity contribution in [3.8, 4) is 12.0 Å². The van der Waals surface area contributed by atoms with Crippen LogP contribution in [0.3, 0.4) is 0 Å². The molecule has 0 saturated carbocycles. The van der Waals surface area contributed by atoms with Crippen LogP contribution >= 0.6 is 0 Å². The standard InChI is InChI=1S/C10H16N2/c1-4-9(6-7-11)10(5-2)8-12-3/h3-5,8,11H2,1-2H3/b10-9+. The van der Waals surface area contributed by atoms with Crippen LogP contribution < -0.4 is 5.73 Å². The summed E-state index contributed by atoms with van der Waals surface area (Å²) in [6.07, 6.45) is 1.89. The number of rotatable bonds is 4. The molecule has 0 radical (unpaired) electrons. The zero-order valence-corrected chi connectivity index (χ0v) is 7.85. The molecule has 12 heavy (non-hydrogen) atoms. The Morgan fingerprint density at radius 2 is 2.08 bits per heavy atom. The summed E-state index contributed by atoms with van der Waals surface area (Å²) < 4.78 is 0. The van der Waals surface area contributed by atoms with Crippen molar-refractivity contribution in [3.63, 3.8) is 0 Å². The van der Waals surface area contributed by atoms with Gasteiger partial charge in [-0.1, -0.05) is 13.8 Å². The van der Waals surface area contributed by atoms with Crippen LogP contribution in [0.15, 0.2) is 16.1 Å². The van der Waals surface area contributed by atoms with E-state index in [1.165, 1.54) is 5.57 Å². The van der Waals surface area contributed by atoms with Crippen molar-refractivity contribution in [2.24, 2.45) is 10.7 Å². The number of allylic oxidation sites excluding steroid dienone is 1. The van der Waals surface area contributed by atoms with Crippen molar-refractivity contribution in [3.05, 3.63) is 11.1 Å². The van der Waals surface area contributed by atoms with Gasteiger partial charge >= 0.3 is 0 Å². The van der Waals surface area contributed by atoms with Gasteiger partial charge in [0.2, 0.25) is 0 Å². The van der Waals surface area contributed by atoms with Gasteiger partial charge in [-0.25, -0.2) is 0 Å². The Hall–Kier alpha value is -1.23. The van der Waals surface area contributed by atoms with Crippen LogP contribution in [0.25, 0.3) is 0 Å². The third-order valence-corrected chi connectivity index (χ3v) is 1.73.